The Hall–Kier alpha value is -2.69. The number of amides is 1. The number of carbonyl (C=O) groups is 1. The van der Waals surface area contributed by atoms with E-state index >= 15 is 0 Å². The van der Waals surface area contributed by atoms with E-state index in [2.05, 4.69) is 17.6 Å². The number of para-hydroxylation sites is 1. The number of halogens is 1. The number of aryl methyl sites for hydroxylation is 1. The van der Waals surface area contributed by atoms with Gasteiger partial charge in [-0.3, -0.25) is 4.79 Å². The van der Waals surface area contributed by atoms with Crippen molar-refractivity contribution in [2.75, 3.05) is 11.4 Å². The summed E-state index contributed by atoms with van der Waals surface area (Å²) in [6.07, 6.45) is 1.73. The standard InChI is InChI=1S/C22H17ClN2OS/c1-3-11-25(15-7-5-4-6-8-15)22(26)19-13-17-20(27-19)16-12-14(2)9-10-18(16)24-21(17)23/h3-10,12-13H,1,11H2,2H3. The molecule has 0 radical (unpaired) electrons. The van der Waals surface area contributed by atoms with E-state index in [1.54, 1.807) is 11.0 Å². The summed E-state index contributed by atoms with van der Waals surface area (Å²) in [6.45, 7) is 6.26. The Morgan fingerprint density at radius 3 is 2.70 bits per heavy atom. The fourth-order valence-corrected chi connectivity index (χ4v) is 4.55. The van der Waals surface area contributed by atoms with Crippen LogP contribution in [0.1, 0.15) is 15.2 Å². The summed E-state index contributed by atoms with van der Waals surface area (Å²) in [5, 5.41) is 2.26. The van der Waals surface area contributed by atoms with E-state index < -0.39 is 0 Å². The van der Waals surface area contributed by atoms with Gasteiger partial charge in [0.2, 0.25) is 0 Å². The van der Waals surface area contributed by atoms with Crippen molar-refractivity contribution >= 4 is 55.5 Å². The average Bonchev–Trinajstić information content (AvgIpc) is 3.13. The summed E-state index contributed by atoms with van der Waals surface area (Å²) < 4.78 is 0.990. The molecule has 5 heteroatoms. The smallest absolute Gasteiger partial charge is 0.268 e. The SMILES string of the molecule is C=CCN(C(=O)c1cc2c(Cl)nc3ccc(C)cc3c2s1)c1ccccc1. The maximum absolute atomic E-state index is 13.2. The van der Waals surface area contributed by atoms with Crippen LogP contribution in [0.3, 0.4) is 0 Å². The van der Waals surface area contributed by atoms with Gasteiger partial charge in [-0.1, -0.05) is 47.5 Å². The summed E-state index contributed by atoms with van der Waals surface area (Å²) in [5.74, 6) is -0.0702. The first-order valence-electron chi connectivity index (χ1n) is 8.55. The number of thiophene rings is 1. The molecule has 134 valence electrons. The summed E-state index contributed by atoms with van der Waals surface area (Å²) in [6, 6.07) is 17.5. The highest BCUT2D eigenvalue weighted by Crippen LogP contribution is 2.37. The van der Waals surface area contributed by atoms with Crippen molar-refractivity contribution in [2.45, 2.75) is 6.92 Å². The molecule has 0 fully saturated rings. The van der Waals surface area contributed by atoms with Crippen LogP contribution in [0.15, 0.2) is 67.3 Å². The molecule has 0 saturated heterocycles. The molecule has 0 N–H and O–H groups in total. The molecule has 27 heavy (non-hydrogen) atoms. The van der Waals surface area contributed by atoms with Crippen LogP contribution in [0.4, 0.5) is 5.69 Å². The lowest BCUT2D eigenvalue weighted by molar-refractivity contribution is 0.0993. The minimum atomic E-state index is -0.0702. The molecule has 0 saturated carbocycles. The van der Waals surface area contributed by atoms with Gasteiger partial charge < -0.3 is 4.90 Å². The van der Waals surface area contributed by atoms with Crippen LogP contribution in [0, 0.1) is 6.92 Å². The molecule has 0 aliphatic heterocycles. The predicted octanol–water partition coefficient (Wildman–Crippen LogP) is 6.24. The van der Waals surface area contributed by atoms with Crippen molar-refractivity contribution in [3.8, 4) is 0 Å². The number of hydrogen-bond acceptors (Lipinski definition) is 3. The van der Waals surface area contributed by atoms with Gasteiger partial charge in [-0.2, -0.15) is 0 Å². The van der Waals surface area contributed by atoms with E-state index in [-0.39, 0.29) is 5.91 Å². The van der Waals surface area contributed by atoms with Crippen molar-refractivity contribution in [1.29, 1.82) is 0 Å². The van der Waals surface area contributed by atoms with Gasteiger partial charge in [0.1, 0.15) is 5.15 Å². The molecule has 0 unspecified atom stereocenters. The minimum Gasteiger partial charge on any atom is -0.304 e. The number of benzene rings is 2. The first-order valence-corrected chi connectivity index (χ1v) is 9.75. The second-order valence-electron chi connectivity index (χ2n) is 6.32. The first-order chi connectivity index (χ1) is 13.1. The van der Waals surface area contributed by atoms with Crippen LogP contribution in [0.25, 0.3) is 21.0 Å². The van der Waals surface area contributed by atoms with Crippen molar-refractivity contribution in [1.82, 2.24) is 4.98 Å². The zero-order valence-electron chi connectivity index (χ0n) is 14.8. The Labute approximate surface area is 166 Å². The van der Waals surface area contributed by atoms with E-state index in [1.807, 2.05) is 55.5 Å². The van der Waals surface area contributed by atoms with Gasteiger partial charge in [-0.15, -0.1) is 17.9 Å². The van der Waals surface area contributed by atoms with Crippen molar-refractivity contribution in [3.63, 3.8) is 0 Å². The third-order valence-electron chi connectivity index (χ3n) is 4.41. The van der Waals surface area contributed by atoms with E-state index in [0.29, 0.717) is 16.6 Å². The molecule has 2 aromatic heterocycles. The number of anilines is 1. The van der Waals surface area contributed by atoms with Gasteiger partial charge >= 0.3 is 0 Å². The molecule has 0 atom stereocenters. The Morgan fingerprint density at radius 1 is 1.19 bits per heavy atom. The fraction of sp³-hybridized carbons (Fsp3) is 0.0909. The molecule has 1 amide bonds. The molecule has 4 aromatic rings. The van der Waals surface area contributed by atoms with E-state index in [0.717, 1.165) is 32.2 Å². The van der Waals surface area contributed by atoms with Crippen molar-refractivity contribution in [2.24, 2.45) is 0 Å². The van der Waals surface area contributed by atoms with Crippen molar-refractivity contribution < 1.29 is 4.79 Å². The quantitative estimate of drug-likeness (QED) is 0.304. The monoisotopic (exact) mass is 392 g/mol. The largest absolute Gasteiger partial charge is 0.304 e. The lowest BCUT2D eigenvalue weighted by Gasteiger charge is -2.20. The van der Waals surface area contributed by atoms with Gasteiger partial charge in [0.25, 0.3) is 5.91 Å². The summed E-state index contributed by atoms with van der Waals surface area (Å²) >= 11 is 7.86. The summed E-state index contributed by atoms with van der Waals surface area (Å²) in [7, 11) is 0. The highest BCUT2D eigenvalue weighted by molar-refractivity contribution is 7.22. The Kier molecular flexibility index (Phi) is 4.68. The highest BCUT2D eigenvalue weighted by atomic mass is 35.5. The second kappa shape index (κ2) is 7.14. The topological polar surface area (TPSA) is 33.2 Å². The molecular weight excluding hydrogens is 376 g/mol. The van der Waals surface area contributed by atoms with Gasteiger partial charge in [-0.05, 0) is 37.3 Å². The van der Waals surface area contributed by atoms with Gasteiger partial charge in [-0.25, -0.2) is 4.98 Å². The van der Waals surface area contributed by atoms with E-state index in [4.69, 9.17) is 11.6 Å². The number of carbonyl (C=O) groups excluding carboxylic acids is 1. The summed E-state index contributed by atoms with van der Waals surface area (Å²) in [4.78, 5) is 20.1. The normalized spacial score (nSPS) is 11.0. The minimum absolute atomic E-state index is 0.0702. The molecule has 0 bridgehead atoms. The second-order valence-corrected chi connectivity index (χ2v) is 7.73. The zero-order valence-corrected chi connectivity index (χ0v) is 16.3. The Morgan fingerprint density at radius 2 is 1.96 bits per heavy atom. The number of aromatic nitrogens is 1. The van der Waals surface area contributed by atoms with Gasteiger partial charge in [0.05, 0.1) is 10.4 Å². The van der Waals surface area contributed by atoms with Gasteiger partial charge in [0, 0.05) is 27.7 Å². The number of nitrogens with zero attached hydrogens (tertiary/aromatic N) is 2. The predicted molar refractivity (Wildman–Crippen MR) is 115 cm³/mol. The molecule has 2 aromatic carbocycles. The molecule has 4 rings (SSSR count). The molecule has 0 aliphatic rings. The van der Waals surface area contributed by atoms with Crippen molar-refractivity contribution in [3.05, 3.63) is 82.8 Å². The molecule has 3 nitrogen and oxygen atoms in total. The Balaban J connectivity index is 1.86. The average molecular weight is 393 g/mol. The molecular formula is C22H17ClN2OS. The fourth-order valence-electron chi connectivity index (χ4n) is 3.12. The lowest BCUT2D eigenvalue weighted by atomic mass is 10.1. The first kappa shape index (κ1) is 17.7. The van der Waals surface area contributed by atoms with E-state index in [9.17, 15) is 4.79 Å². The van der Waals surface area contributed by atoms with E-state index in [1.165, 1.54) is 11.3 Å². The highest BCUT2D eigenvalue weighted by Gasteiger charge is 2.21. The van der Waals surface area contributed by atoms with Crippen LogP contribution >= 0.6 is 22.9 Å². The maximum Gasteiger partial charge on any atom is 0.268 e. The van der Waals surface area contributed by atoms with Crippen LogP contribution in [-0.2, 0) is 0 Å². The molecule has 0 spiro atoms. The van der Waals surface area contributed by atoms with Crippen LogP contribution in [0.5, 0.6) is 0 Å². The number of pyridine rings is 1. The summed E-state index contributed by atoms with van der Waals surface area (Å²) in [5.41, 5.74) is 2.82. The maximum atomic E-state index is 13.2. The zero-order chi connectivity index (χ0) is 19.0. The van der Waals surface area contributed by atoms with Gasteiger partial charge in [0.15, 0.2) is 0 Å². The third kappa shape index (κ3) is 3.22. The number of hydrogen-bond donors (Lipinski definition) is 0. The Bertz CT molecular complexity index is 1170. The van der Waals surface area contributed by atoms with Crippen LogP contribution < -0.4 is 4.90 Å². The molecule has 0 aliphatic carbocycles. The van der Waals surface area contributed by atoms with Crippen LogP contribution in [-0.4, -0.2) is 17.4 Å². The lowest BCUT2D eigenvalue weighted by Crippen LogP contribution is -2.30. The van der Waals surface area contributed by atoms with Crippen LogP contribution in [0.2, 0.25) is 5.15 Å². The third-order valence-corrected chi connectivity index (χ3v) is 5.85. The molecule has 2 heterocycles. The number of fused-ring (bicyclic) bond motifs is 3. The number of rotatable bonds is 4.